The molecule has 0 N–H and O–H groups in total. The molecule has 2 nitrogen and oxygen atoms in total. The van der Waals surface area contributed by atoms with E-state index in [-0.39, 0.29) is 11.6 Å². The summed E-state index contributed by atoms with van der Waals surface area (Å²) in [6, 6.07) is 0. The quantitative estimate of drug-likeness (QED) is 0.240. The van der Waals surface area contributed by atoms with E-state index in [1.165, 1.54) is 38.5 Å². The first-order valence-corrected chi connectivity index (χ1v) is 12.4. The van der Waals surface area contributed by atoms with Crippen LogP contribution in [0.15, 0.2) is 41.2 Å². The third-order valence-corrected chi connectivity index (χ3v) is 6.44. The van der Waals surface area contributed by atoms with Gasteiger partial charge in [-0.05, 0) is 43.3 Å². The van der Waals surface area contributed by atoms with Crippen LogP contribution in [0.5, 0.6) is 0 Å². The third-order valence-electron chi connectivity index (χ3n) is 6.44. The summed E-state index contributed by atoms with van der Waals surface area (Å²) in [7, 11) is 0. The van der Waals surface area contributed by atoms with E-state index in [0.29, 0.717) is 31.1 Å². The first-order valence-electron chi connectivity index (χ1n) is 12.4. The molecule has 2 unspecified atom stereocenters. The molecule has 0 fully saturated rings. The summed E-state index contributed by atoms with van der Waals surface area (Å²) >= 11 is 0. The number of hydrogen-bond donors (Lipinski definition) is 0. The van der Waals surface area contributed by atoms with Crippen molar-refractivity contribution in [1.82, 2.24) is 0 Å². The second kappa shape index (κ2) is 16.1. The number of carbonyl (C=O) groups is 2. The van der Waals surface area contributed by atoms with Crippen LogP contribution in [0.3, 0.4) is 0 Å². The van der Waals surface area contributed by atoms with Crippen LogP contribution >= 0.6 is 0 Å². The largest absolute Gasteiger partial charge is 0.294 e. The first-order chi connectivity index (χ1) is 14.5. The summed E-state index contributed by atoms with van der Waals surface area (Å²) in [6.07, 6.45) is 20.9. The lowest BCUT2D eigenvalue weighted by atomic mass is 9.91. The minimum Gasteiger partial charge on any atom is -0.294 e. The van der Waals surface area contributed by atoms with Gasteiger partial charge in [-0.1, -0.05) is 91.2 Å². The van der Waals surface area contributed by atoms with E-state index >= 15 is 0 Å². The monoisotopic (exact) mass is 412 g/mol. The molecular formula is C28H44O2. The third kappa shape index (κ3) is 10.4. The summed E-state index contributed by atoms with van der Waals surface area (Å²) in [5, 5.41) is 0. The highest BCUT2D eigenvalue weighted by atomic mass is 16.1. The van der Waals surface area contributed by atoms with E-state index in [1.807, 2.05) is 12.2 Å². The summed E-state index contributed by atoms with van der Waals surface area (Å²) in [6.45, 7) is 8.88. The first kappa shape index (κ1) is 26.4. The standard InChI is InChI=1S/C28H44O2/c1-5-9-13-23(7-3)19-21-27(29)25-15-11-17-26(18-12-16-25)28(30)22-20-24(8-4)14-10-6-2/h15-18,23-24H,5-11,13-14,19-22H2,1-4H3/b25-15+,26-17+. The molecule has 0 saturated carbocycles. The number of carbonyl (C=O) groups excluding carboxylic acids is 2. The molecule has 1 aliphatic carbocycles. The SMILES string of the molecule is CCCCC(CC)CCC(=O)/C1=C/C/C=C(/C(=O)CCC(CC)CCCC)C=C=C1. The Morgan fingerprint density at radius 1 is 0.767 bits per heavy atom. The normalized spacial score (nSPS) is 19.2. The van der Waals surface area contributed by atoms with Crippen LogP contribution in [0.4, 0.5) is 0 Å². The number of ketones is 2. The predicted molar refractivity (Wildman–Crippen MR) is 129 cm³/mol. The molecule has 0 bridgehead atoms. The predicted octanol–water partition coefficient (Wildman–Crippen LogP) is 8.09. The van der Waals surface area contributed by atoms with Gasteiger partial charge in [-0.2, -0.15) is 0 Å². The molecule has 0 aromatic heterocycles. The van der Waals surface area contributed by atoms with Crippen molar-refractivity contribution in [3.8, 4) is 0 Å². The smallest absolute Gasteiger partial charge is 0.163 e. The van der Waals surface area contributed by atoms with Gasteiger partial charge in [-0.25, -0.2) is 0 Å². The topological polar surface area (TPSA) is 34.1 Å². The van der Waals surface area contributed by atoms with Crippen molar-refractivity contribution >= 4 is 11.6 Å². The van der Waals surface area contributed by atoms with Gasteiger partial charge in [0, 0.05) is 24.0 Å². The van der Waals surface area contributed by atoms with E-state index < -0.39 is 0 Å². The minimum atomic E-state index is 0.204. The van der Waals surface area contributed by atoms with Crippen molar-refractivity contribution in [2.45, 2.75) is 111 Å². The van der Waals surface area contributed by atoms with Crippen LogP contribution in [0.2, 0.25) is 0 Å². The maximum Gasteiger partial charge on any atom is 0.163 e. The molecule has 0 aliphatic heterocycles. The zero-order valence-electron chi connectivity index (χ0n) is 20.0. The van der Waals surface area contributed by atoms with Crippen LogP contribution in [0, 0.1) is 11.8 Å². The zero-order chi connectivity index (χ0) is 22.2. The summed E-state index contributed by atoms with van der Waals surface area (Å²) in [4.78, 5) is 25.3. The van der Waals surface area contributed by atoms with E-state index in [9.17, 15) is 9.59 Å². The second-order valence-electron chi connectivity index (χ2n) is 8.77. The highest BCUT2D eigenvalue weighted by Gasteiger charge is 2.14. The van der Waals surface area contributed by atoms with Gasteiger partial charge in [-0.3, -0.25) is 9.59 Å². The minimum absolute atomic E-state index is 0.204. The van der Waals surface area contributed by atoms with E-state index in [1.54, 1.807) is 12.2 Å². The average Bonchev–Trinajstić information content (AvgIpc) is 2.73. The van der Waals surface area contributed by atoms with Gasteiger partial charge in [0.2, 0.25) is 0 Å². The fourth-order valence-corrected chi connectivity index (χ4v) is 4.09. The van der Waals surface area contributed by atoms with Crippen LogP contribution in [0.25, 0.3) is 0 Å². The number of hydrogen-bond acceptors (Lipinski definition) is 2. The molecule has 168 valence electrons. The fourth-order valence-electron chi connectivity index (χ4n) is 4.09. The van der Waals surface area contributed by atoms with Crippen molar-refractivity contribution in [1.29, 1.82) is 0 Å². The van der Waals surface area contributed by atoms with Gasteiger partial charge in [-0.15, -0.1) is 5.73 Å². The molecule has 0 aromatic rings. The van der Waals surface area contributed by atoms with Crippen molar-refractivity contribution in [2.24, 2.45) is 11.8 Å². The Balaban J connectivity index is 2.56. The Morgan fingerprint density at radius 3 is 1.57 bits per heavy atom. The Kier molecular flexibility index (Phi) is 14.1. The Bertz CT molecular complexity index is 592. The summed E-state index contributed by atoms with van der Waals surface area (Å²) in [5.41, 5.74) is 4.57. The Hall–Kier alpha value is -1.66. The van der Waals surface area contributed by atoms with Gasteiger partial charge in [0.25, 0.3) is 0 Å². The van der Waals surface area contributed by atoms with Gasteiger partial charge in [0.1, 0.15) is 0 Å². The van der Waals surface area contributed by atoms with E-state index in [2.05, 4.69) is 33.4 Å². The molecule has 0 amide bonds. The lowest BCUT2D eigenvalue weighted by Crippen LogP contribution is -2.07. The highest BCUT2D eigenvalue weighted by molar-refractivity contribution is 5.99. The lowest BCUT2D eigenvalue weighted by molar-refractivity contribution is -0.116. The average molecular weight is 413 g/mol. The second-order valence-corrected chi connectivity index (χ2v) is 8.77. The molecule has 1 aliphatic rings. The number of allylic oxidation sites excluding steroid dienone is 5. The summed E-state index contributed by atoms with van der Waals surface area (Å²) in [5.74, 6) is 1.71. The molecular weight excluding hydrogens is 368 g/mol. The zero-order valence-corrected chi connectivity index (χ0v) is 20.0. The maximum absolute atomic E-state index is 12.6. The Morgan fingerprint density at radius 2 is 1.20 bits per heavy atom. The molecule has 30 heavy (non-hydrogen) atoms. The van der Waals surface area contributed by atoms with Crippen LogP contribution in [0.1, 0.15) is 111 Å². The molecule has 0 aromatic carbocycles. The molecule has 2 atom stereocenters. The van der Waals surface area contributed by atoms with Crippen molar-refractivity contribution in [2.75, 3.05) is 0 Å². The van der Waals surface area contributed by atoms with Crippen molar-refractivity contribution in [3.05, 3.63) is 41.2 Å². The molecule has 2 heteroatoms. The van der Waals surface area contributed by atoms with Gasteiger partial charge < -0.3 is 0 Å². The molecule has 0 radical (unpaired) electrons. The molecule has 0 spiro atoms. The van der Waals surface area contributed by atoms with E-state index in [0.717, 1.165) is 36.8 Å². The van der Waals surface area contributed by atoms with Crippen molar-refractivity contribution < 1.29 is 9.59 Å². The number of unbranched alkanes of at least 4 members (excludes halogenated alkanes) is 2. The van der Waals surface area contributed by atoms with Gasteiger partial charge in [0.15, 0.2) is 11.6 Å². The molecule has 0 saturated heterocycles. The van der Waals surface area contributed by atoms with Gasteiger partial charge in [0.05, 0.1) is 0 Å². The molecule has 1 rings (SSSR count). The van der Waals surface area contributed by atoms with Crippen LogP contribution in [-0.4, -0.2) is 11.6 Å². The van der Waals surface area contributed by atoms with Crippen LogP contribution in [-0.2, 0) is 9.59 Å². The fraction of sp³-hybridized carbons (Fsp3) is 0.679. The summed E-state index contributed by atoms with van der Waals surface area (Å²) < 4.78 is 0. The lowest BCUT2D eigenvalue weighted by Gasteiger charge is -2.14. The Labute approximate surface area is 185 Å². The van der Waals surface area contributed by atoms with Crippen molar-refractivity contribution in [3.63, 3.8) is 0 Å². The highest BCUT2D eigenvalue weighted by Crippen LogP contribution is 2.22. The van der Waals surface area contributed by atoms with Crippen LogP contribution < -0.4 is 0 Å². The van der Waals surface area contributed by atoms with E-state index in [4.69, 9.17) is 0 Å². The molecule has 0 heterocycles. The number of Topliss-reactive ketones (excluding diaryl/α,β-unsaturated/α-hetero) is 2. The van der Waals surface area contributed by atoms with Gasteiger partial charge >= 0.3 is 0 Å². The number of rotatable bonds is 16. The maximum atomic E-state index is 12.6.